The molecule has 0 aliphatic heterocycles. The molecule has 1 amide bonds. The third kappa shape index (κ3) is 2.49. The molecule has 3 nitrogen and oxygen atoms in total. The van der Waals surface area contributed by atoms with Crippen LogP contribution in [0.2, 0.25) is 0 Å². The molecular formula is C15H18BrFN2O. The number of hydrogen-bond acceptors (Lipinski definition) is 2. The van der Waals surface area contributed by atoms with Crippen molar-refractivity contribution in [1.29, 1.82) is 0 Å². The molecule has 108 valence electrons. The fourth-order valence-corrected chi connectivity index (χ4v) is 3.93. The molecule has 2 saturated carbocycles. The number of carbonyl (C=O) groups excluding carboxylic acids is 1. The molecule has 0 radical (unpaired) electrons. The van der Waals surface area contributed by atoms with Gasteiger partial charge < -0.3 is 11.1 Å². The van der Waals surface area contributed by atoms with Gasteiger partial charge in [0.25, 0.3) is 0 Å². The second kappa shape index (κ2) is 5.45. The van der Waals surface area contributed by atoms with Crippen LogP contribution >= 0.6 is 15.9 Å². The van der Waals surface area contributed by atoms with E-state index in [9.17, 15) is 9.18 Å². The van der Waals surface area contributed by atoms with Crippen LogP contribution in [0.25, 0.3) is 0 Å². The van der Waals surface area contributed by atoms with Gasteiger partial charge in [0.1, 0.15) is 5.82 Å². The Labute approximate surface area is 126 Å². The van der Waals surface area contributed by atoms with Gasteiger partial charge in [0, 0.05) is 12.6 Å². The maximum atomic E-state index is 13.4. The van der Waals surface area contributed by atoms with Crippen LogP contribution in [-0.4, -0.2) is 11.9 Å². The van der Waals surface area contributed by atoms with Crippen molar-refractivity contribution in [2.24, 2.45) is 23.5 Å². The fourth-order valence-electron chi connectivity index (χ4n) is 3.68. The van der Waals surface area contributed by atoms with Crippen LogP contribution in [0.4, 0.5) is 4.39 Å². The summed E-state index contributed by atoms with van der Waals surface area (Å²) in [5.41, 5.74) is 6.91. The maximum absolute atomic E-state index is 13.4. The fraction of sp³-hybridized carbons (Fsp3) is 0.533. The molecule has 2 bridgehead atoms. The van der Waals surface area contributed by atoms with Crippen LogP contribution in [0.1, 0.15) is 24.8 Å². The first kappa shape index (κ1) is 14.0. The molecule has 0 spiro atoms. The number of rotatable bonds is 3. The third-order valence-corrected chi connectivity index (χ3v) is 5.38. The Bertz CT molecular complexity index is 535. The minimum absolute atomic E-state index is 0.00426. The van der Waals surface area contributed by atoms with E-state index < -0.39 is 0 Å². The molecular weight excluding hydrogens is 323 g/mol. The number of nitrogens with two attached hydrogens (primary N) is 1. The topological polar surface area (TPSA) is 55.1 Å². The van der Waals surface area contributed by atoms with Crippen LogP contribution in [0.5, 0.6) is 0 Å². The highest BCUT2D eigenvalue weighted by molar-refractivity contribution is 9.10. The Hall–Kier alpha value is -0.940. The number of halogens is 2. The summed E-state index contributed by atoms with van der Waals surface area (Å²) in [5.74, 6) is 0.605. The molecule has 5 heteroatoms. The van der Waals surface area contributed by atoms with Gasteiger partial charge in [-0.1, -0.05) is 6.07 Å². The number of amides is 1. The monoisotopic (exact) mass is 340 g/mol. The van der Waals surface area contributed by atoms with Gasteiger partial charge in [-0.15, -0.1) is 0 Å². The average molecular weight is 341 g/mol. The largest absolute Gasteiger partial charge is 0.352 e. The van der Waals surface area contributed by atoms with Gasteiger partial charge in [0.2, 0.25) is 5.91 Å². The molecule has 3 rings (SSSR count). The quantitative estimate of drug-likeness (QED) is 0.888. The van der Waals surface area contributed by atoms with Crippen molar-refractivity contribution < 1.29 is 9.18 Å². The molecule has 1 aromatic carbocycles. The zero-order valence-electron chi connectivity index (χ0n) is 11.1. The summed E-state index contributed by atoms with van der Waals surface area (Å²) in [6.07, 6.45) is 3.36. The highest BCUT2D eigenvalue weighted by Crippen LogP contribution is 2.47. The number of carbonyl (C=O) groups is 1. The smallest absolute Gasteiger partial charge is 0.225 e. The molecule has 20 heavy (non-hydrogen) atoms. The lowest BCUT2D eigenvalue weighted by Crippen LogP contribution is -2.45. The first-order chi connectivity index (χ1) is 9.56. The van der Waals surface area contributed by atoms with Crippen LogP contribution in [-0.2, 0) is 11.3 Å². The SMILES string of the molecule is NC1C2CCC(C2)C1C(=O)NCc1ccc(Br)c(F)c1. The Morgan fingerprint density at radius 3 is 2.80 bits per heavy atom. The molecule has 2 aliphatic carbocycles. The summed E-state index contributed by atoms with van der Waals surface area (Å²) in [6.45, 7) is 0.351. The predicted molar refractivity (Wildman–Crippen MR) is 78.2 cm³/mol. The van der Waals surface area contributed by atoms with Crippen molar-refractivity contribution in [3.63, 3.8) is 0 Å². The number of benzene rings is 1. The Morgan fingerprint density at radius 2 is 2.15 bits per heavy atom. The normalized spacial score (nSPS) is 31.6. The first-order valence-electron chi connectivity index (χ1n) is 7.03. The highest BCUT2D eigenvalue weighted by Gasteiger charge is 2.48. The lowest BCUT2D eigenvalue weighted by Gasteiger charge is -2.27. The minimum atomic E-state index is -0.312. The summed E-state index contributed by atoms with van der Waals surface area (Å²) in [6, 6.07) is 4.88. The molecule has 1 aromatic rings. The number of nitrogens with one attached hydrogen (secondary N) is 1. The summed E-state index contributed by atoms with van der Waals surface area (Å²) < 4.78 is 13.8. The van der Waals surface area contributed by atoms with E-state index >= 15 is 0 Å². The van der Waals surface area contributed by atoms with E-state index in [4.69, 9.17) is 5.73 Å². The van der Waals surface area contributed by atoms with Crippen molar-refractivity contribution in [2.75, 3.05) is 0 Å². The molecule has 2 aliphatic rings. The highest BCUT2D eigenvalue weighted by atomic mass is 79.9. The van der Waals surface area contributed by atoms with Gasteiger partial charge >= 0.3 is 0 Å². The lowest BCUT2D eigenvalue weighted by atomic mass is 9.84. The molecule has 0 heterocycles. The zero-order valence-corrected chi connectivity index (χ0v) is 12.7. The summed E-state index contributed by atoms with van der Waals surface area (Å²) in [7, 11) is 0. The van der Waals surface area contributed by atoms with E-state index in [-0.39, 0.29) is 23.7 Å². The molecule has 4 unspecified atom stereocenters. The van der Waals surface area contributed by atoms with Crippen LogP contribution in [0.3, 0.4) is 0 Å². The minimum Gasteiger partial charge on any atom is -0.352 e. The summed E-state index contributed by atoms with van der Waals surface area (Å²) in [4.78, 5) is 12.3. The second-order valence-corrected chi connectivity index (χ2v) is 6.76. The van der Waals surface area contributed by atoms with Crippen molar-refractivity contribution >= 4 is 21.8 Å². The van der Waals surface area contributed by atoms with Crippen molar-refractivity contribution in [2.45, 2.75) is 31.8 Å². The molecule has 0 aromatic heterocycles. The zero-order chi connectivity index (χ0) is 14.3. The first-order valence-corrected chi connectivity index (χ1v) is 7.83. The maximum Gasteiger partial charge on any atom is 0.225 e. The molecule has 0 saturated heterocycles. The Morgan fingerprint density at radius 1 is 1.40 bits per heavy atom. The van der Waals surface area contributed by atoms with E-state index in [1.165, 1.54) is 6.07 Å². The third-order valence-electron chi connectivity index (χ3n) is 4.73. The molecule has 2 fully saturated rings. The van der Waals surface area contributed by atoms with Crippen LogP contribution in [0.15, 0.2) is 22.7 Å². The van der Waals surface area contributed by atoms with Gasteiger partial charge in [-0.3, -0.25) is 4.79 Å². The predicted octanol–water partition coefficient (Wildman–Crippen LogP) is 2.58. The standard InChI is InChI=1S/C15H18BrFN2O/c16-11-4-1-8(5-12(11)17)7-19-15(20)13-9-2-3-10(6-9)14(13)18/h1,4-5,9-10,13-14H,2-3,6-7,18H2,(H,19,20). The van der Waals surface area contributed by atoms with E-state index in [1.54, 1.807) is 12.1 Å². The van der Waals surface area contributed by atoms with Gasteiger partial charge in [0.05, 0.1) is 10.4 Å². The Balaban J connectivity index is 1.61. The molecule has 4 atom stereocenters. The van der Waals surface area contributed by atoms with Crippen LogP contribution in [0, 0.1) is 23.6 Å². The summed E-state index contributed by atoms with van der Waals surface area (Å²) >= 11 is 3.11. The second-order valence-electron chi connectivity index (χ2n) is 5.90. The average Bonchev–Trinajstić information content (AvgIpc) is 3.00. The van der Waals surface area contributed by atoms with E-state index in [2.05, 4.69) is 21.2 Å². The number of fused-ring (bicyclic) bond motifs is 2. The van der Waals surface area contributed by atoms with Gasteiger partial charge in [-0.25, -0.2) is 4.39 Å². The van der Waals surface area contributed by atoms with E-state index in [0.29, 0.717) is 22.9 Å². The van der Waals surface area contributed by atoms with E-state index in [0.717, 1.165) is 24.8 Å². The van der Waals surface area contributed by atoms with Gasteiger partial charge in [0.15, 0.2) is 0 Å². The summed E-state index contributed by atoms with van der Waals surface area (Å²) in [5, 5.41) is 2.90. The van der Waals surface area contributed by atoms with Crippen LogP contribution < -0.4 is 11.1 Å². The van der Waals surface area contributed by atoms with Gasteiger partial charge in [-0.2, -0.15) is 0 Å². The van der Waals surface area contributed by atoms with Gasteiger partial charge in [-0.05, 0) is 64.7 Å². The lowest BCUT2D eigenvalue weighted by molar-refractivity contribution is -0.127. The van der Waals surface area contributed by atoms with Crippen molar-refractivity contribution in [3.8, 4) is 0 Å². The van der Waals surface area contributed by atoms with E-state index in [1.807, 2.05) is 0 Å². The van der Waals surface area contributed by atoms with Crippen molar-refractivity contribution in [3.05, 3.63) is 34.1 Å². The number of hydrogen-bond donors (Lipinski definition) is 2. The van der Waals surface area contributed by atoms with Crippen molar-refractivity contribution in [1.82, 2.24) is 5.32 Å². The Kier molecular flexibility index (Phi) is 3.82. The molecule has 3 N–H and O–H groups in total.